The Morgan fingerprint density at radius 2 is 1.68 bits per heavy atom. The Labute approximate surface area is 153 Å². The quantitative estimate of drug-likeness (QED) is 0.473. The van der Waals surface area contributed by atoms with Crippen LogP contribution >= 0.6 is 0 Å². The summed E-state index contributed by atoms with van der Waals surface area (Å²) in [6, 6.07) is 19.2. The first-order valence-electron chi connectivity index (χ1n) is 9.51. The molecule has 2 aromatic rings. The van der Waals surface area contributed by atoms with Crippen molar-refractivity contribution >= 4 is 5.71 Å². The summed E-state index contributed by atoms with van der Waals surface area (Å²) in [6.45, 7) is 9.68. The molecule has 2 aromatic carbocycles. The van der Waals surface area contributed by atoms with Crippen molar-refractivity contribution in [3.63, 3.8) is 0 Å². The van der Waals surface area contributed by atoms with Gasteiger partial charge in [-0.2, -0.15) is 0 Å². The molecule has 2 rings (SSSR count). The number of aryl methyl sites for hydroxylation is 1. The van der Waals surface area contributed by atoms with E-state index in [1.807, 2.05) is 0 Å². The van der Waals surface area contributed by atoms with Crippen molar-refractivity contribution in [2.75, 3.05) is 0 Å². The summed E-state index contributed by atoms with van der Waals surface area (Å²) in [4.78, 5) is 5.08. The summed E-state index contributed by atoms with van der Waals surface area (Å²) < 4.78 is 0. The topological polar surface area (TPSA) is 12.4 Å². The number of hydrogen-bond donors (Lipinski definition) is 0. The van der Waals surface area contributed by atoms with Crippen molar-refractivity contribution in [2.45, 2.75) is 53.5 Å². The molecular formula is C24H31N. The Hall–Kier alpha value is -2.15. The van der Waals surface area contributed by atoms with Crippen LogP contribution in [0.5, 0.6) is 0 Å². The van der Waals surface area contributed by atoms with E-state index >= 15 is 0 Å². The summed E-state index contributed by atoms with van der Waals surface area (Å²) in [7, 11) is 0. The zero-order chi connectivity index (χ0) is 18.1. The van der Waals surface area contributed by atoms with E-state index in [4.69, 9.17) is 4.99 Å². The number of rotatable bonds is 8. The van der Waals surface area contributed by atoms with Crippen molar-refractivity contribution < 1.29 is 0 Å². The smallest absolute Gasteiger partial charge is 0.0679 e. The molecular weight excluding hydrogens is 302 g/mol. The fraction of sp³-hybridized carbons (Fsp3) is 0.375. The Morgan fingerprint density at radius 3 is 2.32 bits per heavy atom. The van der Waals surface area contributed by atoms with Crippen LogP contribution in [-0.2, 0) is 6.54 Å². The fourth-order valence-electron chi connectivity index (χ4n) is 2.94. The third kappa shape index (κ3) is 5.70. The van der Waals surface area contributed by atoms with Gasteiger partial charge in [-0.1, -0.05) is 94.3 Å². The van der Waals surface area contributed by atoms with E-state index < -0.39 is 0 Å². The van der Waals surface area contributed by atoms with Crippen LogP contribution in [0.2, 0.25) is 0 Å². The number of aliphatic imine (C=N–C) groups is 1. The normalized spacial score (nSPS) is 13.8. The summed E-state index contributed by atoms with van der Waals surface area (Å²) in [5.74, 6) is 0.578. The van der Waals surface area contributed by atoms with Gasteiger partial charge in [-0.25, -0.2) is 0 Å². The molecule has 0 heterocycles. The molecule has 0 amide bonds. The maximum atomic E-state index is 5.08. The molecule has 0 aliphatic rings. The van der Waals surface area contributed by atoms with Crippen LogP contribution in [0.4, 0.5) is 0 Å². The SMILES string of the molecule is CCCC(=C/C(C)CC)/C(=N\Cc1ccccc1C)c1ccccc1. The molecule has 1 heteroatoms. The van der Waals surface area contributed by atoms with Gasteiger partial charge in [0.25, 0.3) is 0 Å². The van der Waals surface area contributed by atoms with E-state index in [0.717, 1.165) is 31.5 Å². The fourth-order valence-corrected chi connectivity index (χ4v) is 2.94. The van der Waals surface area contributed by atoms with Gasteiger partial charge in [0.05, 0.1) is 12.3 Å². The van der Waals surface area contributed by atoms with Crippen molar-refractivity contribution in [1.29, 1.82) is 0 Å². The lowest BCUT2D eigenvalue weighted by atomic mass is 9.94. The second-order valence-electron chi connectivity index (χ2n) is 6.78. The minimum atomic E-state index is 0.578. The molecule has 25 heavy (non-hydrogen) atoms. The number of nitrogens with zero attached hydrogens (tertiary/aromatic N) is 1. The largest absolute Gasteiger partial charge is 0.280 e. The lowest BCUT2D eigenvalue weighted by Crippen LogP contribution is -2.08. The molecule has 0 fully saturated rings. The Balaban J connectivity index is 2.43. The first-order valence-corrected chi connectivity index (χ1v) is 9.51. The number of benzene rings is 2. The lowest BCUT2D eigenvalue weighted by Gasteiger charge is -2.14. The van der Waals surface area contributed by atoms with Crippen LogP contribution in [0.1, 0.15) is 56.7 Å². The maximum absolute atomic E-state index is 5.08. The molecule has 0 radical (unpaired) electrons. The monoisotopic (exact) mass is 333 g/mol. The molecule has 0 aliphatic carbocycles. The summed E-state index contributed by atoms with van der Waals surface area (Å²) in [5.41, 5.74) is 6.37. The summed E-state index contributed by atoms with van der Waals surface area (Å²) >= 11 is 0. The standard InChI is InChI=1S/C24H31N/c1-5-12-22(17-19(3)6-2)24(21-14-8-7-9-15-21)25-18-23-16-11-10-13-20(23)4/h7-11,13-17,19H,5-6,12,18H2,1-4H3/b22-17-,25-24-. The van der Waals surface area contributed by atoms with Crippen molar-refractivity contribution in [1.82, 2.24) is 0 Å². The van der Waals surface area contributed by atoms with E-state index in [-0.39, 0.29) is 0 Å². The minimum absolute atomic E-state index is 0.578. The van der Waals surface area contributed by atoms with Gasteiger partial charge in [-0.15, -0.1) is 0 Å². The van der Waals surface area contributed by atoms with E-state index in [9.17, 15) is 0 Å². The molecule has 1 atom stereocenters. The highest BCUT2D eigenvalue weighted by Crippen LogP contribution is 2.20. The van der Waals surface area contributed by atoms with Crippen LogP contribution in [0.3, 0.4) is 0 Å². The molecule has 0 bridgehead atoms. The minimum Gasteiger partial charge on any atom is -0.280 e. The zero-order valence-corrected chi connectivity index (χ0v) is 16.1. The van der Waals surface area contributed by atoms with Gasteiger partial charge >= 0.3 is 0 Å². The molecule has 0 saturated heterocycles. The third-order valence-corrected chi connectivity index (χ3v) is 4.67. The van der Waals surface area contributed by atoms with Crippen molar-refractivity contribution in [3.05, 3.63) is 82.9 Å². The molecule has 1 nitrogen and oxygen atoms in total. The zero-order valence-electron chi connectivity index (χ0n) is 16.1. The lowest BCUT2D eigenvalue weighted by molar-refractivity contribution is 0.690. The van der Waals surface area contributed by atoms with Crippen molar-refractivity contribution in [3.8, 4) is 0 Å². The Bertz CT molecular complexity index is 710. The third-order valence-electron chi connectivity index (χ3n) is 4.67. The van der Waals surface area contributed by atoms with Crippen LogP contribution in [0.15, 0.2) is 71.2 Å². The average Bonchev–Trinajstić information content (AvgIpc) is 2.64. The molecule has 0 N–H and O–H groups in total. The predicted octanol–water partition coefficient (Wildman–Crippen LogP) is 6.76. The summed E-state index contributed by atoms with van der Waals surface area (Å²) in [6.07, 6.45) is 5.80. The Morgan fingerprint density at radius 1 is 1.00 bits per heavy atom. The van der Waals surface area contributed by atoms with E-state index in [0.29, 0.717) is 5.92 Å². The second-order valence-corrected chi connectivity index (χ2v) is 6.78. The van der Waals surface area contributed by atoms with Gasteiger partial charge in [-0.3, -0.25) is 4.99 Å². The van der Waals surface area contributed by atoms with Gasteiger partial charge in [-0.05, 0) is 41.5 Å². The van der Waals surface area contributed by atoms with Crippen LogP contribution in [0.25, 0.3) is 0 Å². The molecule has 1 unspecified atom stereocenters. The molecule has 0 saturated carbocycles. The summed E-state index contributed by atoms with van der Waals surface area (Å²) in [5, 5.41) is 0. The second kappa shape index (κ2) is 9.98. The van der Waals surface area contributed by atoms with Gasteiger partial charge in [0.15, 0.2) is 0 Å². The van der Waals surface area contributed by atoms with E-state index in [2.05, 4.69) is 88.4 Å². The molecule has 0 aromatic heterocycles. The first kappa shape index (κ1) is 19.2. The van der Waals surface area contributed by atoms with Crippen molar-refractivity contribution in [2.24, 2.45) is 10.9 Å². The molecule has 0 spiro atoms. The van der Waals surface area contributed by atoms with Crippen LogP contribution in [-0.4, -0.2) is 5.71 Å². The first-order chi connectivity index (χ1) is 12.2. The number of hydrogen-bond acceptors (Lipinski definition) is 1. The van der Waals surface area contributed by atoms with Gasteiger partial charge in [0, 0.05) is 0 Å². The van der Waals surface area contributed by atoms with Crippen LogP contribution in [0, 0.1) is 12.8 Å². The highest BCUT2D eigenvalue weighted by atomic mass is 14.7. The molecule has 132 valence electrons. The molecule has 0 aliphatic heterocycles. The van der Waals surface area contributed by atoms with Gasteiger partial charge in [0.1, 0.15) is 0 Å². The maximum Gasteiger partial charge on any atom is 0.0679 e. The highest BCUT2D eigenvalue weighted by Gasteiger charge is 2.11. The van der Waals surface area contributed by atoms with E-state index in [1.165, 1.54) is 22.3 Å². The predicted molar refractivity (Wildman–Crippen MR) is 110 cm³/mol. The average molecular weight is 334 g/mol. The van der Waals surface area contributed by atoms with Gasteiger partial charge < -0.3 is 0 Å². The Kier molecular flexibility index (Phi) is 7.66. The van der Waals surface area contributed by atoms with Crippen LogP contribution < -0.4 is 0 Å². The number of allylic oxidation sites excluding steroid dienone is 2. The van der Waals surface area contributed by atoms with Gasteiger partial charge in [0.2, 0.25) is 0 Å². The highest BCUT2D eigenvalue weighted by molar-refractivity contribution is 6.12. The van der Waals surface area contributed by atoms with E-state index in [1.54, 1.807) is 0 Å².